The Bertz CT molecular complexity index is 109. The molecule has 0 aromatic carbocycles. The van der Waals surface area contributed by atoms with Crippen LogP contribution in [-0.4, -0.2) is 16.6 Å². The summed E-state index contributed by atoms with van der Waals surface area (Å²) >= 11 is 0. The first kappa shape index (κ1) is 43.3. The Hall–Kier alpha value is 0.394. The average Bonchev–Trinajstić information content (AvgIpc) is 1.86. The van der Waals surface area contributed by atoms with E-state index < -0.39 is 16.6 Å². The van der Waals surface area contributed by atoms with Gasteiger partial charge in [0.15, 0.2) is 16.6 Å². The van der Waals surface area contributed by atoms with E-state index in [1.54, 1.807) is 0 Å². The molecule has 3 heteroatoms. The predicted octanol–water partition coefficient (Wildman–Crippen LogP) is 7.27. The third-order valence-corrected chi connectivity index (χ3v) is 10.1. The van der Waals surface area contributed by atoms with Crippen LogP contribution in [0.25, 0.3) is 0 Å². The van der Waals surface area contributed by atoms with Gasteiger partial charge in [0.25, 0.3) is 0 Å². The lowest BCUT2D eigenvalue weighted by molar-refractivity contribution is 0.542. The van der Waals surface area contributed by atoms with Crippen LogP contribution in [-0.2, 0) is 4.12 Å². The molecule has 0 bridgehead atoms. The summed E-state index contributed by atoms with van der Waals surface area (Å²) in [6.07, 6.45) is 0. The molecule has 0 unspecified atom stereocenters. The summed E-state index contributed by atoms with van der Waals surface area (Å²) in [7, 11) is -2.54. The third kappa shape index (κ3) is 22.1. The molecule has 116 valence electrons. The molecule has 0 rings (SSSR count). The molecular formula is C14H46OSi2. The SMILES string of the molecule is C.C.C.C.C.C.CC[Si](C)(C)O[Si](C)(C)CC. The van der Waals surface area contributed by atoms with Gasteiger partial charge in [-0.05, 0) is 38.3 Å². The van der Waals surface area contributed by atoms with E-state index in [1.807, 2.05) is 0 Å². The molecule has 0 amide bonds. The van der Waals surface area contributed by atoms with Crippen LogP contribution >= 0.6 is 0 Å². The van der Waals surface area contributed by atoms with Crippen molar-refractivity contribution >= 4 is 16.6 Å². The average molecular weight is 287 g/mol. The zero-order chi connectivity index (χ0) is 9.12. The lowest BCUT2D eigenvalue weighted by Gasteiger charge is -2.32. The van der Waals surface area contributed by atoms with Gasteiger partial charge in [0.1, 0.15) is 0 Å². The zero-order valence-electron chi connectivity index (χ0n) is 8.82. The Morgan fingerprint density at radius 2 is 0.765 bits per heavy atom. The highest BCUT2D eigenvalue weighted by Gasteiger charge is 2.29. The normalized spacial score (nSPS) is 8.82. The van der Waals surface area contributed by atoms with E-state index in [0.29, 0.717) is 0 Å². The summed E-state index contributed by atoms with van der Waals surface area (Å²) in [5, 5.41) is 0. The summed E-state index contributed by atoms with van der Waals surface area (Å²) in [4.78, 5) is 0. The molecule has 0 saturated heterocycles. The second-order valence-electron chi connectivity index (χ2n) is 4.33. The maximum Gasteiger partial charge on any atom is 0.173 e. The van der Waals surface area contributed by atoms with Crippen molar-refractivity contribution in [1.82, 2.24) is 0 Å². The minimum absolute atomic E-state index is 0. The van der Waals surface area contributed by atoms with Gasteiger partial charge in [-0.1, -0.05) is 58.4 Å². The second-order valence-corrected chi connectivity index (χ2v) is 13.6. The molecule has 0 aliphatic carbocycles. The predicted molar refractivity (Wildman–Crippen MR) is 97.4 cm³/mol. The molecule has 0 fully saturated rings. The molecule has 0 atom stereocenters. The van der Waals surface area contributed by atoms with Crippen molar-refractivity contribution in [3.05, 3.63) is 0 Å². The van der Waals surface area contributed by atoms with Gasteiger partial charge in [-0.3, -0.25) is 0 Å². The van der Waals surface area contributed by atoms with Crippen LogP contribution in [0.3, 0.4) is 0 Å². The van der Waals surface area contributed by atoms with Crippen LogP contribution in [0.4, 0.5) is 0 Å². The minimum Gasteiger partial charge on any atom is -0.456 e. The summed E-state index contributed by atoms with van der Waals surface area (Å²) < 4.78 is 6.20. The van der Waals surface area contributed by atoms with Crippen molar-refractivity contribution in [2.24, 2.45) is 0 Å². The van der Waals surface area contributed by atoms with Crippen LogP contribution in [0.15, 0.2) is 0 Å². The highest BCUT2D eigenvalue weighted by Crippen LogP contribution is 2.20. The fourth-order valence-corrected chi connectivity index (χ4v) is 8.03. The molecule has 0 aromatic rings. The Morgan fingerprint density at radius 1 is 0.588 bits per heavy atom. The molecule has 1 nitrogen and oxygen atoms in total. The second kappa shape index (κ2) is 16.4. The largest absolute Gasteiger partial charge is 0.456 e. The van der Waals surface area contributed by atoms with E-state index in [0.717, 1.165) is 0 Å². The van der Waals surface area contributed by atoms with E-state index in [9.17, 15) is 0 Å². The van der Waals surface area contributed by atoms with Gasteiger partial charge in [-0.15, -0.1) is 0 Å². The van der Waals surface area contributed by atoms with Gasteiger partial charge in [0, 0.05) is 0 Å². The van der Waals surface area contributed by atoms with Crippen LogP contribution < -0.4 is 0 Å². The van der Waals surface area contributed by atoms with Crippen LogP contribution in [0.5, 0.6) is 0 Å². The van der Waals surface area contributed by atoms with E-state index in [2.05, 4.69) is 40.0 Å². The summed E-state index contributed by atoms with van der Waals surface area (Å²) in [5.41, 5.74) is 0. The van der Waals surface area contributed by atoms with Gasteiger partial charge in [-0.25, -0.2) is 0 Å². The molecule has 0 N–H and O–H groups in total. The Kier molecular flexibility index (Phi) is 41.7. The summed E-state index contributed by atoms with van der Waals surface area (Å²) in [6.45, 7) is 13.8. The molecule has 0 aromatic heterocycles. The number of hydrogen-bond acceptors (Lipinski definition) is 1. The van der Waals surface area contributed by atoms with E-state index in [4.69, 9.17) is 4.12 Å². The first-order chi connectivity index (χ1) is 4.83. The van der Waals surface area contributed by atoms with Crippen molar-refractivity contribution in [1.29, 1.82) is 0 Å². The number of hydrogen-bond donors (Lipinski definition) is 0. The standard InChI is InChI=1S/C8H22OSi2.6CH4/c1-7-10(3,4)9-11(5,6)8-2;;;;;;/h7-8H2,1-6H3;6*1H4. The van der Waals surface area contributed by atoms with E-state index in [-0.39, 0.29) is 44.6 Å². The highest BCUT2D eigenvalue weighted by atomic mass is 28.4. The van der Waals surface area contributed by atoms with Crippen molar-refractivity contribution in [2.45, 2.75) is 96.7 Å². The van der Waals surface area contributed by atoms with E-state index >= 15 is 0 Å². The molecule has 17 heavy (non-hydrogen) atoms. The van der Waals surface area contributed by atoms with E-state index in [1.165, 1.54) is 12.1 Å². The maximum atomic E-state index is 6.20. The van der Waals surface area contributed by atoms with Gasteiger partial charge in [0.2, 0.25) is 0 Å². The van der Waals surface area contributed by atoms with Crippen LogP contribution in [0, 0.1) is 0 Å². The van der Waals surface area contributed by atoms with Crippen molar-refractivity contribution in [2.75, 3.05) is 0 Å². The molecule has 0 spiro atoms. The van der Waals surface area contributed by atoms with Crippen molar-refractivity contribution < 1.29 is 4.12 Å². The van der Waals surface area contributed by atoms with Gasteiger partial charge in [-0.2, -0.15) is 0 Å². The topological polar surface area (TPSA) is 9.23 Å². The van der Waals surface area contributed by atoms with Crippen molar-refractivity contribution in [3.8, 4) is 0 Å². The van der Waals surface area contributed by atoms with Gasteiger partial charge in [0.05, 0.1) is 0 Å². The number of rotatable bonds is 4. The molecule has 0 aliphatic heterocycles. The third-order valence-electron chi connectivity index (χ3n) is 2.26. The quantitative estimate of drug-likeness (QED) is 0.494. The minimum atomic E-state index is -1.27. The van der Waals surface area contributed by atoms with Crippen LogP contribution in [0.2, 0.25) is 38.3 Å². The molecule has 0 saturated carbocycles. The fraction of sp³-hybridized carbons (Fsp3) is 1.00. The van der Waals surface area contributed by atoms with Crippen LogP contribution in [0.1, 0.15) is 58.4 Å². The van der Waals surface area contributed by atoms with Crippen molar-refractivity contribution in [3.63, 3.8) is 0 Å². The molecule has 0 aliphatic rings. The maximum absolute atomic E-state index is 6.20. The Labute approximate surface area is 118 Å². The summed E-state index contributed by atoms with van der Waals surface area (Å²) in [5.74, 6) is 0. The highest BCUT2D eigenvalue weighted by molar-refractivity contribution is 6.84. The first-order valence-electron chi connectivity index (χ1n) is 4.53. The molecule has 0 heterocycles. The fourth-order valence-electron chi connectivity index (χ4n) is 0.892. The Balaban J connectivity index is -0.0000000333. The zero-order valence-corrected chi connectivity index (χ0v) is 10.8. The lowest BCUT2D eigenvalue weighted by atomic mass is 11.0. The Morgan fingerprint density at radius 3 is 0.882 bits per heavy atom. The first-order valence-corrected chi connectivity index (χ1v) is 10.8. The monoisotopic (exact) mass is 286 g/mol. The smallest absolute Gasteiger partial charge is 0.173 e. The molecular weight excluding hydrogens is 240 g/mol. The van der Waals surface area contributed by atoms with Gasteiger partial charge >= 0.3 is 0 Å². The summed E-state index contributed by atoms with van der Waals surface area (Å²) in [6, 6.07) is 2.48. The molecule has 0 radical (unpaired) electrons. The lowest BCUT2D eigenvalue weighted by Crippen LogP contribution is -2.43. The van der Waals surface area contributed by atoms with Gasteiger partial charge < -0.3 is 4.12 Å².